The first-order chi connectivity index (χ1) is 10.2. The number of piperidine rings is 1. The summed E-state index contributed by atoms with van der Waals surface area (Å²) in [5.41, 5.74) is 0.868. The molecule has 1 aliphatic heterocycles. The third kappa shape index (κ3) is 4.03. The number of hydrogen-bond acceptors (Lipinski definition) is 3. The maximum atomic E-state index is 12.2. The van der Waals surface area contributed by atoms with Crippen LogP contribution >= 0.6 is 0 Å². The Morgan fingerprint density at radius 2 is 1.81 bits per heavy atom. The highest BCUT2D eigenvalue weighted by Crippen LogP contribution is 2.14. The van der Waals surface area contributed by atoms with Crippen LogP contribution in [0.2, 0.25) is 0 Å². The van der Waals surface area contributed by atoms with Crippen LogP contribution in [-0.2, 0) is 9.59 Å². The fourth-order valence-electron chi connectivity index (χ4n) is 2.38. The van der Waals surface area contributed by atoms with E-state index < -0.39 is 11.7 Å². The largest absolute Gasteiger partial charge is 0.341 e. The van der Waals surface area contributed by atoms with E-state index in [4.69, 9.17) is 5.26 Å². The fraction of sp³-hybridized carbons (Fsp3) is 0.353. The standard InChI is InChI=1S/C17H18N2O2/c18-13-15(17(21)19-11-5-2-6-12-19)16(20)10-9-14-7-3-1-4-8-14/h1,3-4,7-10,15H,2,5-6,11-12H2. The fourth-order valence-corrected chi connectivity index (χ4v) is 2.38. The summed E-state index contributed by atoms with van der Waals surface area (Å²) in [6.07, 6.45) is 5.94. The molecule has 0 aromatic heterocycles. The van der Waals surface area contributed by atoms with Crippen LogP contribution in [0.25, 0.3) is 6.08 Å². The molecular weight excluding hydrogens is 264 g/mol. The van der Waals surface area contributed by atoms with Crippen molar-refractivity contribution in [3.63, 3.8) is 0 Å². The minimum Gasteiger partial charge on any atom is -0.341 e. The molecule has 1 atom stereocenters. The van der Waals surface area contributed by atoms with E-state index in [1.165, 1.54) is 6.08 Å². The van der Waals surface area contributed by atoms with E-state index in [1.807, 2.05) is 36.4 Å². The van der Waals surface area contributed by atoms with E-state index in [-0.39, 0.29) is 5.91 Å². The van der Waals surface area contributed by atoms with Crippen molar-refractivity contribution in [3.05, 3.63) is 42.0 Å². The average molecular weight is 282 g/mol. The summed E-state index contributed by atoms with van der Waals surface area (Å²) >= 11 is 0. The molecule has 1 unspecified atom stereocenters. The lowest BCUT2D eigenvalue weighted by Crippen LogP contribution is -2.41. The smallest absolute Gasteiger partial charge is 0.247 e. The van der Waals surface area contributed by atoms with Crippen LogP contribution in [0, 0.1) is 17.2 Å². The van der Waals surface area contributed by atoms with E-state index in [0.29, 0.717) is 13.1 Å². The number of hydrogen-bond donors (Lipinski definition) is 0. The van der Waals surface area contributed by atoms with Crippen molar-refractivity contribution in [2.24, 2.45) is 5.92 Å². The molecule has 2 rings (SSSR count). The number of carbonyl (C=O) groups excluding carboxylic acids is 2. The molecule has 0 bridgehead atoms. The van der Waals surface area contributed by atoms with Crippen LogP contribution in [0.4, 0.5) is 0 Å². The molecule has 1 heterocycles. The number of nitriles is 1. The SMILES string of the molecule is N#CC(C(=O)C=Cc1ccccc1)C(=O)N1CCCCC1. The second-order valence-corrected chi connectivity index (χ2v) is 5.09. The van der Waals surface area contributed by atoms with Crippen LogP contribution < -0.4 is 0 Å². The van der Waals surface area contributed by atoms with Gasteiger partial charge in [-0.2, -0.15) is 5.26 Å². The van der Waals surface area contributed by atoms with Gasteiger partial charge in [0.1, 0.15) is 0 Å². The monoisotopic (exact) mass is 282 g/mol. The highest BCUT2D eigenvalue weighted by Gasteiger charge is 2.29. The van der Waals surface area contributed by atoms with E-state index in [1.54, 1.807) is 11.0 Å². The van der Waals surface area contributed by atoms with Gasteiger partial charge in [0, 0.05) is 13.1 Å². The summed E-state index contributed by atoms with van der Waals surface area (Å²) in [6, 6.07) is 11.2. The highest BCUT2D eigenvalue weighted by atomic mass is 16.2. The Morgan fingerprint density at radius 3 is 2.43 bits per heavy atom. The van der Waals surface area contributed by atoms with Gasteiger partial charge >= 0.3 is 0 Å². The predicted molar refractivity (Wildman–Crippen MR) is 80.0 cm³/mol. The van der Waals surface area contributed by atoms with Crippen molar-refractivity contribution < 1.29 is 9.59 Å². The summed E-state index contributed by atoms with van der Waals surface area (Å²) in [5, 5.41) is 9.14. The summed E-state index contributed by atoms with van der Waals surface area (Å²) in [6.45, 7) is 1.29. The number of nitrogens with zero attached hydrogens (tertiary/aromatic N) is 2. The molecule has 1 aromatic rings. The lowest BCUT2D eigenvalue weighted by atomic mass is 10.0. The first kappa shape index (κ1) is 15.0. The van der Waals surface area contributed by atoms with Crippen molar-refractivity contribution in [1.29, 1.82) is 5.26 Å². The number of allylic oxidation sites excluding steroid dienone is 1. The van der Waals surface area contributed by atoms with Crippen LogP contribution in [0.1, 0.15) is 24.8 Å². The van der Waals surface area contributed by atoms with Gasteiger partial charge in [-0.1, -0.05) is 36.4 Å². The maximum absolute atomic E-state index is 12.2. The lowest BCUT2D eigenvalue weighted by molar-refractivity contribution is -0.138. The van der Waals surface area contributed by atoms with E-state index >= 15 is 0 Å². The zero-order chi connectivity index (χ0) is 15.1. The van der Waals surface area contributed by atoms with Gasteiger partial charge in [0.2, 0.25) is 5.91 Å². The minimum absolute atomic E-state index is 0.361. The first-order valence-corrected chi connectivity index (χ1v) is 7.18. The Kier molecular flexibility index (Phi) is 5.28. The van der Waals surface area contributed by atoms with Gasteiger partial charge < -0.3 is 4.90 Å². The van der Waals surface area contributed by atoms with Gasteiger partial charge in [0.25, 0.3) is 0 Å². The summed E-state index contributed by atoms with van der Waals surface area (Å²) in [4.78, 5) is 25.9. The summed E-state index contributed by atoms with van der Waals surface area (Å²) < 4.78 is 0. The minimum atomic E-state index is -1.22. The van der Waals surface area contributed by atoms with Gasteiger partial charge in [-0.15, -0.1) is 0 Å². The predicted octanol–water partition coefficient (Wildman–Crippen LogP) is 2.42. The molecule has 1 aromatic carbocycles. The third-order valence-corrected chi connectivity index (χ3v) is 3.57. The molecular formula is C17H18N2O2. The molecule has 0 saturated carbocycles. The van der Waals surface area contributed by atoms with Gasteiger partial charge in [-0.05, 0) is 30.9 Å². The second-order valence-electron chi connectivity index (χ2n) is 5.09. The molecule has 1 amide bonds. The molecule has 4 nitrogen and oxygen atoms in total. The van der Waals surface area contributed by atoms with Crippen molar-refractivity contribution >= 4 is 17.8 Å². The summed E-state index contributed by atoms with van der Waals surface area (Å²) in [5.74, 6) is -2.03. The normalized spacial score (nSPS) is 16.4. The quantitative estimate of drug-likeness (QED) is 0.629. The molecule has 0 spiro atoms. The zero-order valence-corrected chi connectivity index (χ0v) is 11.9. The summed E-state index contributed by atoms with van der Waals surface area (Å²) in [7, 11) is 0. The molecule has 0 aliphatic carbocycles. The van der Waals surface area contributed by atoms with E-state index in [9.17, 15) is 9.59 Å². The number of likely N-dealkylation sites (tertiary alicyclic amines) is 1. The molecule has 21 heavy (non-hydrogen) atoms. The number of carbonyl (C=O) groups is 2. The lowest BCUT2D eigenvalue weighted by Gasteiger charge is -2.27. The van der Waals surface area contributed by atoms with Crippen molar-refractivity contribution in [2.45, 2.75) is 19.3 Å². The number of benzene rings is 1. The Bertz CT molecular complexity index is 566. The Hall–Kier alpha value is -2.41. The molecule has 0 N–H and O–H groups in total. The van der Waals surface area contributed by atoms with E-state index in [0.717, 1.165) is 24.8 Å². The van der Waals surface area contributed by atoms with Crippen molar-refractivity contribution in [1.82, 2.24) is 4.90 Å². The zero-order valence-electron chi connectivity index (χ0n) is 11.9. The average Bonchev–Trinajstić information content (AvgIpc) is 2.55. The topological polar surface area (TPSA) is 61.2 Å². The Morgan fingerprint density at radius 1 is 1.14 bits per heavy atom. The van der Waals surface area contributed by atoms with Crippen LogP contribution in [-0.4, -0.2) is 29.7 Å². The molecule has 1 saturated heterocycles. The number of ketones is 1. The van der Waals surface area contributed by atoms with Crippen LogP contribution in [0.3, 0.4) is 0 Å². The Balaban J connectivity index is 2.03. The number of amides is 1. The van der Waals surface area contributed by atoms with Gasteiger partial charge in [-0.25, -0.2) is 0 Å². The van der Waals surface area contributed by atoms with Gasteiger partial charge in [0.15, 0.2) is 11.7 Å². The maximum Gasteiger partial charge on any atom is 0.247 e. The molecule has 0 radical (unpaired) electrons. The second kappa shape index (κ2) is 7.39. The first-order valence-electron chi connectivity index (χ1n) is 7.18. The highest BCUT2D eigenvalue weighted by molar-refractivity contribution is 6.10. The van der Waals surface area contributed by atoms with E-state index in [2.05, 4.69) is 0 Å². The van der Waals surface area contributed by atoms with Gasteiger partial charge in [0.05, 0.1) is 6.07 Å². The van der Waals surface area contributed by atoms with Crippen molar-refractivity contribution in [3.8, 4) is 6.07 Å². The van der Waals surface area contributed by atoms with Crippen molar-refractivity contribution in [2.75, 3.05) is 13.1 Å². The third-order valence-electron chi connectivity index (χ3n) is 3.57. The molecule has 1 fully saturated rings. The van der Waals surface area contributed by atoms with Crippen LogP contribution in [0.15, 0.2) is 36.4 Å². The molecule has 1 aliphatic rings. The molecule has 108 valence electrons. The Labute approximate surface area is 124 Å². The van der Waals surface area contributed by atoms with Crippen LogP contribution in [0.5, 0.6) is 0 Å². The van der Waals surface area contributed by atoms with Gasteiger partial charge in [-0.3, -0.25) is 9.59 Å². The molecule has 4 heteroatoms. The number of rotatable bonds is 4.